The van der Waals surface area contributed by atoms with Crippen molar-refractivity contribution < 1.29 is 14.5 Å². The molecule has 1 saturated heterocycles. The quantitative estimate of drug-likeness (QED) is 0.483. The zero-order valence-electron chi connectivity index (χ0n) is 10.3. The molecular formula is C12H15N3O4. The van der Waals surface area contributed by atoms with Gasteiger partial charge in [-0.3, -0.25) is 14.9 Å². The third-order valence-corrected chi connectivity index (χ3v) is 2.99. The van der Waals surface area contributed by atoms with Gasteiger partial charge in [0.15, 0.2) is 0 Å². The molecule has 0 saturated carbocycles. The van der Waals surface area contributed by atoms with Crippen LogP contribution in [-0.4, -0.2) is 30.1 Å². The van der Waals surface area contributed by atoms with Crippen LogP contribution in [0.2, 0.25) is 0 Å². The molecule has 1 unspecified atom stereocenters. The van der Waals surface area contributed by atoms with Gasteiger partial charge in [0.25, 0.3) is 11.6 Å². The molecular weight excluding hydrogens is 250 g/mol. The van der Waals surface area contributed by atoms with E-state index in [9.17, 15) is 14.9 Å². The van der Waals surface area contributed by atoms with E-state index in [-0.39, 0.29) is 23.0 Å². The molecule has 1 amide bonds. The van der Waals surface area contributed by atoms with Crippen molar-refractivity contribution in [2.45, 2.75) is 18.9 Å². The number of nitro benzene ring substituents is 1. The Bertz CT molecular complexity index is 498. The fourth-order valence-corrected chi connectivity index (χ4v) is 1.97. The van der Waals surface area contributed by atoms with Crippen LogP contribution in [-0.2, 0) is 4.74 Å². The number of carbonyl (C=O) groups is 1. The minimum atomic E-state index is -0.556. The molecule has 7 nitrogen and oxygen atoms in total. The van der Waals surface area contributed by atoms with Crippen molar-refractivity contribution in [2.24, 2.45) is 0 Å². The highest BCUT2D eigenvalue weighted by Crippen LogP contribution is 2.20. The lowest BCUT2D eigenvalue weighted by Crippen LogP contribution is -2.40. The van der Waals surface area contributed by atoms with Crippen LogP contribution in [0, 0.1) is 10.1 Å². The number of nitrogens with one attached hydrogen (secondary N) is 1. The number of anilines is 1. The molecule has 0 spiro atoms. The number of nitrogens with two attached hydrogens (primary N) is 1. The molecule has 0 radical (unpaired) electrons. The summed E-state index contributed by atoms with van der Waals surface area (Å²) < 4.78 is 5.26. The highest BCUT2D eigenvalue weighted by molar-refractivity contribution is 5.99. The summed E-state index contributed by atoms with van der Waals surface area (Å²) in [6.45, 7) is 1.16. The summed E-state index contributed by atoms with van der Waals surface area (Å²) in [5.41, 5.74) is 5.87. The second kappa shape index (κ2) is 5.66. The summed E-state index contributed by atoms with van der Waals surface area (Å²) >= 11 is 0. The maximum absolute atomic E-state index is 12.0. The number of amides is 1. The highest BCUT2D eigenvalue weighted by Gasteiger charge is 2.20. The molecule has 19 heavy (non-hydrogen) atoms. The second-order valence-corrected chi connectivity index (χ2v) is 4.42. The number of nitro groups is 1. The molecule has 2 rings (SSSR count). The Kier molecular flexibility index (Phi) is 3.96. The van der Waals surface area contributed by atoms with E-state index in [4.69, 9.17) is 10.5 Å². The topological polar surface area (TPSA) is 107 Å². The van der Waals surface area contributed by atoms with E-state index in [1.807, 2.05) is 0 Å². The predicted molar refractivity (Wildman–Crippen MR) is 68.8 cm³/mol. The number of ether oxygens (including phenoxy) is 1. The summed E-state index contributed by atoms with van der Waals surface area (Å²) in [6, 6.07) is 3.76. The van der Waals surface area contributed by atoms with E-state index >= 15 is 0 Å². The van der Waals surface area contributed by atoms with Crippen LogP contribution in [0.5, 0.6) is 0 Å². The van der Waals surface area contributed by atoms with Crippen LogP contribution in [0.4, 0.5) is 11.4 Å². The van der Waals surface area contributed by atoms with Gasteiger partial charge in [-0.2, -0.15) is 0 Å². The first-order valence-electron chi connectivity index (χ1n) is 6.00. The number of hydrogen-bond donors (Lipinski definition) is 2. The lowest BCUT2D eigenvalue weighted by Gasteiger charge is -2.23. The van der Waals surface area contributed by atoms with Gasteiger partial charge in [-0.05, 0) is 18.9 Å². The Balaban J connectivity index is 2.13. The third kappa shape index (κ3) is 3.19. The SMILES string of the molecule is Nc1ccc([N+](=O)[O-])cc1C(=O)NC1CCCOC1. The number of nitrogen functional groups attached to an aromatic ring is 1. The number of carbonyl (C=O) groups excluding carboxylic acids is 1. The molecule has 1 aliphatic heterocycles. The zero-order valence-corrected chi connectivity index (χ0v) is 10.3. The Labute approximate surface area is 109 Å². The van der Waals surface area contributed by atoms with Crippen molar-refractivity contribution in [3.8, 4) is 0 Å². The summed E-state index contributed by atoms with van der Waals surface area (Å²) in [6.07, 6.45) is 1.72. The number of benzene rings is 1. The molecule has 0 aromatic heterocycles. The van der Waals surface area contributed by atoms with Crippen molar-refractivity contribution in [3.05, 3.63) is 33.9 Å². The lowest BCUT2D eigenvalue weighted by atomic mass is 10.1. The van der Waals surface area contributed by atoms with E-state index in [0.29, 0.717) is 13.2 Å². The average Bonchev–Trinajstić information content (AvgIpc) is 2.40. The minimum absolute atomic E-state index is 0.0695. The standard InChI is InChI=1S/C12H15N3O4/c13-11-4-3-9(15(17)18)6-10(11)12(16)14-8-2-1-5-19-7-8/h3-4,6,8H,1-2,5,7,13H2,(H,14,16). The van der Waals surface area contributed by atoms with Crippen LogP contribution in [0.3, 0.4) is 0 Å². The smallest absolute Gasteiger partial charge is 0.270 e. The van der Waals surface area contributed by atoms with Crippen molar-refractivity contribution in [2.75, 3.05) is 18.9 Å². The Hall–Kier alpha value is -2.15. The van der Waals surface area contributed by atoms with E-state index < -0.39 is 10.8 Å². The molecule has 7 heteroatoms. The second-order valence-electron chi connectivity index (χ2n) is 4.42. The van der Waals surface area contributed by atoms with Crippen molar-refractivity contribution in [1.82, 2.24) is 5.32 Å². The van der Waals surface area contributed by atoms with E-state index in [1.165, 1.54) is 18.2 Å². The van der Waals surface area contributed by atoms with Crippen molar-refractivity contribution in [3.63, 3.8) is 0 Å². The van der Waals surface area contributed by atoms with Gasteiger partial charge in [0, 0.05) is 24.4 Å². The van der Waals surface area contributed by atoms with Gasteiger partial charge in [-0.1, -0.05) is 0 Å². The number of nitrogens with zero attached hydrogens (tertiary/aromatic N) is 1. The molecule has 1 aliphatic rings. The molecule has 0 bridgehead atoms. The summed E-state index contributed by atoms with van der Waals surface area (Å²) in [5.74, 6) is -0.406. The number of hydrogen-bond acceptors (Lipinski definition) is 5. The summed E-state index contributed by atoms with van der Waals surface area (Å²) in [4.78, 5) is 22.2. The Morgan fingerprint density at radius 2 is 2.32 bits per heavy atom. The fraction of sp³-hybridized carbons (Fsp3) is 0.417. The van der Waals surface area contributed by atoms with Gasteiger partial charge in [0.2, 0.25) is 0 Å². The van der Waals surface area contributed by atoms with Crippen LogP contribution >= 0.6 is 0 Å². The normalized spacial score (nSPS) is 18.8. The van der Waals surface area contributed by atoms with Gasteiger partial charge in [0.05, 0.1) is 23.1 Å². The van der Waals surface area contributed by atoms with E-state index in [1.54, 1.807) is 0 Å². The van der Waals surface area contributed by atoms with Gasteiger partial charge in [0.1, 0.15) is 0 Å². The number of rotatable bonds is 3. The maximum Gasteiger partial charge on any atom is 0.270 e. The molecule has 1 aromatic carbocycles. The molecule has 1 heterocycles. The molecule has 0 aliphatic carbocycles. The lowest BCUT2D eigenvalue weighted by molar-refractivity contribution is -0.384. The first-order valence-corrected chi connectivity index (χ1v) is 6.00. The molecule has 3 N–H and O–H groups in total. The highest BCUT2D eigenvalue weighted by atomic mass is 16.6. The molecule has 102 valence electrons. The first kappa shape index (κ1) is 13.3. The molecule has 1 aromatic rings. The monoisotopic (exact) mass is 265 g/mol. The minimum Gasteiger partial charge on any atom is -0.398 e. The molecule has 1 atom stereocenters. The zero-order chi connectivity index (χ0) is 13.8. The average molecular weight is 265 g/mol. The van der Waals surface area contributed by atoms with Crippen LogP contribution in [0.25, 0.3) is 0 Å². The van der Waals surface area contributed by atoms with Crippen molar-refractivity contribution >= 4 is 17.3 Å². The van der Waals surface area contributed by atoms with Gasteiger partial charge in [-0.15, -0.1) is 0 Å². The maximum atomic E-state index is 12.0. The first-order chi connectivity index (χ1) is 9.08. The van der Waals surface area contributed by atoms with Gasteiger partial charge in [-0.25, -0.2) is 0 Å². The largest absolute Gasteiger partial charge is 0.398 e. The van der Waals surface area contributed by atoms with Crippen molar-refractivity contribution in [1.29, 1.82) is 0 Å². The van der Waals surface area contributed by atoms with Gasteiger partial charge >= 0.3 is 0 Å². The summed E-state index contributed by atoms with van der Waals surface area (Å²) in [7, 11) is 0. The Morgan fingerprint density at radius 1 is 1.53 bits per heavy atom. The van der Waals surface area contributed by atoms with Crippen LogP contribution in [0.15, 0.2) is 18.2 Å². The van der Waals surface area contributed by atoms with E-state index in [0.717, 1.165) is 12.8 Å². The summed E-state index contributed by atoms with van der Waals surface area (Å²) in [5, 5.41) is 13.5. The van der Waals surface area contributed by atoms with Crippen LogP contribution in [0.1, 0.15) is 23.2 Å². The molecule has 1 fully saturated rings. The number of non-ortho nitro benzene ring substituents is 1. The predicted octanol–water partition coefficient (Wildman–Crippen LogP) is 1.09. The fourth-order valence-electron chi connectivity index (χ4n) is 1.97. The Morgan fingerprint density at radius 3 is 2.95 bits per heavy atom. The van der Waals surface area contributed by atoms with E-state index in [2.05, 4.69) is 5.32 Å². The third-order valence-electron chi connectivity index (χ3n) is 2.99. The van der Waals surface area contributed by atoms with Crippen LogP contribution < -0.4 is 11.1 Å². The van der Waals surface area contributed by atoms with Gasteiger partial charge < -0.3 is 15.8 Å².